The first kappa shape index (κ1) is 8.42. The molecule has 1 aliphatic carbocycles. The topological polar surface area (TPSA) is 29.5 Å². The Labute approximate surface area is 78.2 Å². The highest BCUT2D eigenvalue weighted by Crippen LogP contribution is 2.33. The molecular weight excluding hydrogens is 164 g/mol. The second-order valence-corrected chi connectivity index (χ2v) is 3.68. The fourth-order valence-corrected chi connectivity index (χ4v) is 1.24. The molecule has 1 saturated carbocycles. The quantitative estimate of drug-likeness (QED) is 0.770. The normalized spacial score (nSPS) is 15.8. The van der Waals surface area contributed by atoms with Crippen LogP contribution in [0.5, 0.6) is 11.5 Å². The molecule has 0 unspecified atom stereocenters. The van der Waals surface area contributed by atoms with Crippen molar-refractivity contribution in [2.75, 3.05) is 6.61 Å². The van der Waals surface area contributed by atoms with Crippen molar-refractivity contribution in [2.45, 2.75) is 19.8 Å². The van der Waals surface area contributed by atoms with E-state index in [4.69, 9.17) is 4.74 Å². The van der Waals surface area contributed by atoms with Gasteiger partial charge in [-0.2, -0.15) is 0 Å². The second-order valence-electron chi connectivity index (χ2n) is 3.68. The summed E-state index contributed by atoms with van der Waals surface area (Å²) in [5.74, 6) is 1.62. The fraction of sp³-hybridized carbons (Fsp3) is 0.455. The average molecular weight is 178 g/mol. The third-order valence-electron chi connectivity index (χ3n) is 2.37. The molecule has 0 saturated heterocycles. The molecular formula is C11H14O2. The average Bonchev–Trinajstić information content (AvgIpc) is 2.91. The van der Waals surface area contributed by atoms with Crippen molar-refractivity contribution in [2.24, 2.45) is 5.92 Å². The highest BCUT2D eigenvalue weighted by molar-refractivity contribution is 5.44. The maximum absolute atomic E-state index is 9.61. The Morgan fingerprint density at radius 3 is 2.92 bits per heavy atom. The second kappa shape index (κ2) is 3.29. The number of para-hydroxylation sites is 1. The maximum Gasteiger partial charge on any atom is 0.161 e. The van der Waals surface area contributed by atoms with Gasteiger partial charge >= 0.3 is 0 Å². The summed E-state index contributed by atoms with van der Waals surface area (Å²) in [5, 5.41) is 9.61. The molecule has 13 heavy (non-hydrogen) atoms. The van der Waals surface area contributed by atoms with E-state index in [0.717, 1.165) is 18.1 Å². The lowest BCUT2D eigenvalue weighted by molar-refractivity contribution is 0.284. The van der Waals surface area contributed by atoms with E-state index < -0.39 is 0 Å². The van der Waals surface area contributed by atoms with Crippen LogP contribution >= 0.6 is 0 Å². The van der Waals surface area contributed by atoms with Gasteiger partial charge in [-0.25, -0.2) is 0 Å². The molecule has 1 N–H and O–H groups in total. The predicted molar refractivity (Wildman–Crippen MR) is 51.1 cm³/mol. The van der Waals surface area contributed by atoms with E-state index in [1.165, 1.54) is 12.8 Å². The number of hydrogen-bond acceptors (Lipinski definition) is 2. The fourth-order valence-electron chi connectivity index (χ4n) is 1.24. The number of ether oxygens (including phenoxy) is 1. The van der Waals surface area contributed by atoms with E-state index in [2.05, 4.69) is 0 Å². The van der Waals surface area contributed by atoms with E-state index in [9.17, 15) is 5.11 Å². The number of aryl methyl sites for hydroxylation is 1. The summed E-state index contributed by atoms with van der Waals surface area (Å²) in [6.45, 7) is 2.62. The van der Waals surface area contributed by atoms with Gasteiger partial charge in [0.1, 0.15) is 0 Å². The van der Waals surface area contributed by atoms with Crippen molar-refractivity contribution < 1.29 is 9.84 Å². The van der Waals surface area contributed by atoms with Gasteiger partial charge in [-0.15, -0.1) is 0 Å². The molecule has 1 aromatic carbocycles. The maximum atomic E-state index is 9.61. The van der Waals surface area contributed by atoms with Crippen LogP contribution < -0.4 is 4.74 Å². The molecule has 0 radical (unpaired) electrons. The zero-order chi connectivity index (χ0) is 9.26. The lowest BCUT2D eigenvalue weighted by Gasteiger charge is -2.08. The molecule has 70 valence electrons. The van der Waals surface area contributed by atoms with E-state index in [1.54, 1.807) is 0 Å². The number of phenolic OH excluding ortho intramolecular Hbond substituents is 1. The number of rotatable bonds is 3. The Hall–Kier alpha value is -1.18. The zero-order valence-electron chi connectivity index (χ0n) is 7.79. The molecule has 0 amide bonds. The van der Waals surface area contributed by atoms with Crippen molar-refractivity contribution in [1.82, 2.24) is 0 Å². The van der Waals surface area contributed by atoms with Gasteiger partial charge in [0.25, 0.3) is 0 Å². The zero-order valence-corrected chi connectivity index (χ0v) is 7.79. The van der Waals surface area contributed by atoms with Crippen LogP contribution in [0.15, 0.2) is 18.2 Å². The van der Waals surface area contributed by atoms with Crippen molar-refractivity contribution in [3.8, 4) is 11.5 Å². The number of phenols is 1. The molecule has 2 rings (SSSR count). The third-order valence-corrected chi connectivity index (χ3v) is 2.37. The van der Waals surface area contributed by atoms with Crippen LogP contribution in [-0.4, -0.2) is 11.7 Å². The minimum atomic E-state index is 0.281. The van der Waals surface area contributed by atoms with Crippen molar-refractivity contribution >= 4 is 0 Å². The first-order valence-electron chi connectivity index (χ1n) is 4.69. The smallest absolute Gasteiger partial charge is 0.161 e. The summed E-state index contributed by atoms with van der Waals surface area (Å²) < 4.78 is 5.49. The highest BCUT2D eigenvalue weighted by Gasteiger charge is 2.22. The van der Waals surface area contributed by atoms with Crippen LogP contribution in [0.1, 0.15) is 18.4 Å². The molecule has 0 aliphatic heterocycles. The van der Waals surface area contributed by atoms with Crippen molar-refractivity contribution in [3.63, 3.8) is 0 Å². The Bertz CT molecular complexity index is 303. The van der Waals surface area contributed by atoms with Gasteiger partial charge in [0.05, 0.1) is 6.61 Å². The highest BCUT2D eigenvalue weighted by atomic mass is 16.5. The molecule has 1 aliphatic rings. The summed E-state index contributed by atoms with van der Waals surface area (Å²) in [7, 11) is 0. The third kappa shape index (κ3) is 1.94. The SMILES string of the molecule is Cc1cccc(OCC2CC2)c1O. The van der Waals surface area contributed by atoms with Gasteiger partial charge in [-0.3, -0.25) is 0 Å². The van der Waals surface area contributed by atoms with Crippen LogP contribution in [-0.2, 0) is 0 Å². The largest absolute Gasteiger partial charge is 0.504 e. The van der Waals surface area contributed by atoms with Crippen LogP contribution in [0.25, 0.3) is 0 Å². The summed E-state index contributed by atoms with van der Waals surface area (Å²) >= 11 is 0. The van der Waals surface area contributed by atoms with Gasteiger partial charge < -0.3 is 9.84 Å². The van der Waals surface area contributed by atoms with Gasteiger partial charge in [-0.1, -0.05) is 12.1 Å². The molecule has 1 aromatic rings. The Morgan fingerprint density at radius 1 is 1.46 bits per heavy atom. The van der Waals surface area contributed by atoms with E-state index >= 15 is 0 Å². The Balaban J connectivity index is 2.05. The van der Waals surface area contributed by atoms with Gasteiger partial charge in [0.2, 0.25) is 0 Å². The molecule has 0 aromatic heterocycles. The number of benzene rings is 1. The molecule has 1 fully saturated rings. The number of hydrogen-bond donors (Lipinski definition) is 1. The van der Waals surface area contributed by atoms with Crippen molar-refractivity contribution in [3.05, 3.63) is 23.8 Å². The standard InChI is InChI=1S/C11H14O2/c1-8-3-2-4-10(11(8)12)13-7-9-5-6-9/h2-4,9,12H,5-7H2,1H3. The molecule has 0 spiro atoms. The summed E-state index contributed by atoms with van der Waals surface area (Å²) in [4.78, 5) is 0. The molecule has 0 bridgehead atoms. The first-order chi connectivity index (χ1) is 6.27. The van der Waals surface area contributed by atoms with E-state index in [1.807, 2.05) is 25.1 Å². The van der Waals surface area contributed by atoms with Gasteiger partial charge in [0, 0.05) is 0 Å². The van der Waals surface area contributed by atoms with Crippen LogP contribution in [0.3, 0.4) is 0 Å². The Kier molecular flexibility index (Phi) is 2.13. The monoisotopic (exact) mass is 178 g/mol. The minimum absolute atomic E-state index is 0.281. The molecule has 0 heterocycles. The van der Waals surface area contributed by atoms with Crippen LogP contribution in [0, 0.1) is 12.8 Å². The van der Waals surface area contributed by atoms with E-state index in [0.29, 0.717) is 5.75 Å². The lowest BCUT2D eigenvalue weighted by Crippen LogP contribution is -1.99. The van der Waals surface area contributed by atoms with E-state index in [-0.39, 0.29) is 5.75 Å². The van der Waals surface area contributed by atoms with Crippen LogP contribution in [0.4, 0.5) is 0 Å². The van der Waals surface area contributed by atoms with Crippen LogP contribution in [0.2, 0.25) is 0 Å². The summed E-state index contributed by atoms with van der Waals surface area (Å²) in [5.41, 5.74) is 0.869. The van der Waals surface area contributed by atoms with Crippen molar-refractivity contribution in [1.29, 1.82) is 0 Å². The predicted octanol–water partition coefficient (Wildman–Crippen LogP) is 2.49. The Morgan fingerprint density at radius 2 is 2.23 bits per heavy atom. The molecule has 2 heteroatoms. The van der Waals surface area contributed by atoms with Gasteiger partial charge in [0.15, 0.2) is 11.5 Å². The molecule has 0 atom stereocenters. The minimum Gasteiger partial charge on any atom is -0.504 e. The molecule has 2 nitrogen and oxygen atoms in total. The lowest BCUT2D eigenvalue weighted by atomic mass is 10.2. The summed E-state index contributed by atoms with van der Waals surface area (Å²) in [6.07, 6.45) is 2.54. The van der Waals surface area contributed by atoms with Gasteiger partial charge in [-0.05, 0) is 37.3 Å². The summed E-state index contributed by atoms with van der Waals surface area (Å²) in [6, 6.07) is 5.58. The first-order valence-corrected chi connectivity index (χ1v) is 4.69. The number of aromatic hydroxyl groups is 1.